The second-order valence-electron chi connectivity index (χ2n) is 6.09. The van der Waals surface area contributed by atoms with Gasteiger partial charge in [0.25, 0.3) is 0 Å². The number of halogens is 1. The van der Waals surface area contributed by atoms with Gasteiger partial charge < -0.3 is 10.6 Å². The normalized spacial score (nSPS) is 22.4. The van der Waals surface area contributed by atoms with Gasteiger partial charge in [-0.25, -0.2) is 4.98 Å². The van der Waals surface area contributed by atoms with E-state index >= 15 is 0 Å². The van der Waals surface area contributed by atoms with E-state index in [9.17, 15) is 0 Å². The van der Waals surface area contributed by atoms with E-state index in [2.05, 4.69) is 42.7 Å². The first-order valence-electron chi connectivity index (χ1n) is 7.02. The van der Waals surface area contributed by atoms with Crippen LogP contribution in [0.5, 0.6) is 0 Å². The van der Waals surface area contributed by atoms with Crippen LogP contribution in [0.25, 0.3) is 5.65 Å². The summed E-state index contributed by atoms with van der Waals surface area (Å²) in [6, 6.07) is 0.433. The lowest BCUT2D eigenvalue weighted by molar-refractivity contribution is 0.0709. The topological polar surface area (TPSA) is 72.3 Å². The summed E-state index contributed by atoms with van der Waals surface area (Å²) in [6.07, 6.45) is 8.47. The second kappa shape index (κ2) is 4.52. The minimum atomic E-state index is 0.433. The zero-order chi connectivity index (χ0) is 13.7. The quantitative estimate of drug-likeness (QED) is 0.754. The SMILES string of the molecule is NC1CC2(CCN(c3ncc(I)c4nncn34)CC2)C1. The number of anilines is 1. The van der Waals surface area contributed by atoms with Crippen molar-refractivity contribution in [2.24, 2.45) is 11.1 Å². The molecule has 1 aliphatic carbocycles. The minimum absolute atomic E-state index is 0.433. The highest BCUT2D eigenvalue weighted by atomic mass is 127. The largest absolute Gasteiger partial charge is 0.342 e. The molecule has 3 heterocycles. The molecule has 0 amide bonds. The van der Waals surface area contributed by atoms with Crippen LogP contribution in [0.2, 0.25) is 0 Å². The third kappa shape index (κ3) is 1.90. The number of rotatable bonds is 1. The maximum absolute atomic E-state index is 5.96. The van der Waals surface area contributed by atoms with E-state index in [0.717, 1.165) is 28.3 Å². The first-order valence-corrected chi connectivity index (χ1v) is 8.10. The minimum Gasteiger partial charge on any atom is -0.342 e. The predicted molar refractivity (Wildman–Crippen MR) is 84.6 cm³/mol. The number of nitrogens with zero attached hydrogens (tertiary/aromatic N) is 5. The summed E-state index contributed by atoms with van der Waals surface area (Å²) in [6.45, 7) is 2.10. The van der Waals surface area contributed by atoms with Crippen molar-refractivity contribution in [2.75, 3.05) is 18.0 Å². The fourth-order valence-electron chi connectivity index (χ4n) is 3.65. The average Bonchev–Trinajstić information content (AvgIpc) is 2.89. The Balaban J connectivity index is 1.59. The van der Waals surface area contributed by atoms with Crippen LogP contribution < -0.4 is 10.6 Å². The zero-order valence-corrected chi connectivity index (χ0v) is 13.3. The number of piperidine rings is 1. The standard InChI is InChI=1S/C13H17IN6/c14-10-7-16-12(20-8-17-18-11(10)20)19-3-1-13(2-4-19)5-9(15)6-13/h7-9H,1-6,15H2. The molecule has 0 atom stereocenters. The lowest BCUT2D eigenvalue weighted by Crippen LogP contribution is -2.52. The fourth-order valence-corrected chi connectivity index (χ4v) is 4.16. The molecule has 0 aromatic carbocycles. The van der Waals surface area contributed by atoms with E-state index in [1.54, 1.807) is 6.33 Å². The Kier molecular flexibility index (Phi) is 2.88. The molecule has 2 fully saturated rings. The summed E-state index contributed by atoms with van der Waals surface area (Å²) >= 11 is 2.25. The molecule has 1 aliphatic heterocycles. The molecule has 0 bridgehead atoms. The molecule has 2 aliphatic rings. The van der Waals surface area contributed by atoms with Crippen LogP contribution in [-0.2, 0) is 0 Å². The number of fused-ring (bicyclic) bond motifs is 1. The van der Waals surface area contributed by atoms with Crippen LogP contribution in [0, 0.1) is 8.99 Å². The van der Waals surface area contributed by atoms with Gasteiger partial charge in [0.05, 0.1) is 3.57 Å². The van der Waals surface area contributed by atoms with Crippen molar-refractivity contribution < 1.29 is 0 Å². The van der Waals surface area contributed by atoms with Crippen LogP contribution in [-0.4, -0.2) is 38.7 Å². The third-order valence-electron chi connectivity index (χ3n) is 4.77. The lowest BCUT2D eigenvalue weighted by Gasteiger charge is -2.51. The summed E-state index contributed by atoms with van der Waals surface area (Å²) in [5.74, 6) is 0.962. The number of nitrogens with two attached hydrogens (primary N) is 1. The molecule has 20 heavy (non-hydrogen) atoms. The van der Waals surface area contributed by atoms with Gasteiger partial charge in [0, 0.05) is 25.3 Å². The van der Waals surface area contributed by atoms with Gasteiger partial charge in [-0.2, -0.15) is 0 Å². The summed E-state index contributed by atoms with van der Waals surface area (Å²) in [7, 11) is 0. The summed E-state index contributed by atoms with van der Waals surface area (Å²) < 4.78 is 3.02. The van der Waals surface area contributed by atoms with Crippen LogP contribution in [0.15, 0.2) is 12.5 Å². The van der Waals surface area contributed by atoms with Crippen molar-refractivity contribution in [3.05, 3.63) is 16.1 Å². The van der Waals surface area contributed by atoms with Gasteiger partial charge in [-0.1, -0.05) is 0 Å². The number of aromatic nitrogens is 4. The number of hydrogen-bond donors (Lipinski definition) is 1. The smallest absolute Gasteiger partial charge is 0.212 e. The maximum Gasteiger partial charge on any atom is 0.212 e. The maximum atomic E-state index is 5.96. The summed E-state index contributed by atoms with van der Waals surface area (Å²) in [5.41, 5.74) is 7.37. The van der Waals surface area contributed by atoms with Gasteiger partial charge in [-0.15, -0.1) is 10.2 Å². The zero-order valence-electron chi connectivity index (χ0n) is 11.2. The van der Waals surface area contributed by atoms with E-state index in [1.165, 1.54) is 25.7 Å². The van der Waals surface area contributed by atoms with Crippen LogP contribution in [0.1, 0.15) is 25.7 Å². The van der Waals surface area contributed by atoms with E-state index < -0.39 is 0 Å². The van der Waals surface area contributed by atoms with Gasteiger partial charge in [0.15, 0.2) is 5.65 Å². The molecule has 6 nitrogen and oxygen atoms in total. The highest BCUT2D eigenvalue weighted by molar-refractivity contribution is 14.1. The summed E-state index contributed by atoms with van der Waals surface area (Å²) in [4.78, 5) is 6.93. The first-order chi connectivity index (χ1) is 9.67. The summed E-state index contributed by atoms with van der Waals surface area (Å²) in [5, 5.41) is 8.17. The molecule has 0 unspecified atom stereocenters. The van der Waals surface area contributed by atoms with E-state index in [0.29, 0.717) is 11.5 Å². The predicted octanol–water partition coefficient (Wildman–Crippen LogP) is 1.44. The third-order valence-corrected chi connectivity index (χ3v) is 5.53. The molecule has 1 spiro atoms. The second-order valence-corrected chi connectivity index (χ2v) is 7.25. The molecule has 4 rings (SSSR count). The van der Waals surface area contributed by atoms with Crippen LogP contribution >= 0.6 is 22.6 Å². The average molecular weight is 384 g/mol. The van der Waals surface area contributed by atoms with Gasteiger partial charge >= 0.3 is 0 Å². The Morgan fingerprint density at radius 2 is 2.05 bits per heavy atom. The van der Waals surface area contributed by atoms with Gasteiger partial charge in [0.1, 0.15) is 6.33 Å². The highest BCUT2D eigenvalue weighted by Crippen LogP contribution is 2.48. The first kappa shape index (κ1) is 12.8. The van der Waals surface area contributed by atoms with Gasteiger partial charge in [-0.3, -0.25) is 4.40 Å². The van der Waals surface area contributed by atoms with Crippen molar-refractivity contribution in [1.82, 2.24) is 19.6 Å². The van der Waals surface area contributed by atoms with E-state index in [-0.39, 0.29) is 0 Å². The molecular formula is C13H17IN6. The van der Waals surface area contributed by atoms with Crippen molar-refractivity contribution in [2.45, 2.75) is 31.7 Å². The molecule has 106 valence electrons. The monoisotopic (exact) mass is 384 g/mol. The Morgan fingerprint density at radius 1 is 1.30 bits per heavy atom. The molecule has 2 N–H and O–H groups in total. The van der Waals surface area contributed by atoms with Gasteiger partial charge in [0.2, 0.25) is 5.95 Å². The Bertz CT molecular complexity index is 637. The van der Waals surface area contributed by atoms with Gasteiger partial charge in [-0.05, 0) is 53.7 Å². The highest BCUT2D eigenvalue weighted by Gasteiger charge is 2.44. The molecule has 2 aromatic heterocycles. The Morgan fingerprint density at radius 3 is 2.75 bits per heavy atom. The Hall–Kier alpha value is -0.960. The molecule has 7 heteroatoms. The lowest BCUT2D eigenvalue weighted by atomic mass is 9.61. The number of hydrogen-bond acceptors (Lipinski definition) is 5. The Labute approximate surface area is 130 Å². The molecular weight excluding hydrogens is 367 g/mol. The van der Waals surface area contributed by atoms with Crippen molar-refractivity contribution in [3.63, 3.8) is 0 Å². The van der Waals surface area contributed by atoms with Crippen LogP contribution in [0.4, 0.5) is 5.95 Å². The molecule has 2 aromatic rings. The molecule has 1 saturated heterocycles. The van der Waals surface area contributed by atoms with E-state index in [4.69, 9.17) is 5.73 Å². The van der Waals surface area contributed by atoms with Crippen molar-refractivity contribution >= 4 is 34.2 Å². The van der Waals surface area contributed by atoms with E-state index in [1.807, 2.05) is 10.6 Å². The fraction of sp³-hybridized carbons (Fsp3) is 0.615. The molecule has 1 saturated carbocycles. The molecule has 0 radical (unpaired) electrons. The van der Waals surface area contributed by atoms with Crippen LogP contribution in [0.3, 0.4) is 0 Å². The van der Waals surface area contributed by atoms with Crippen molar-refractivity contribution in [1.29, 1.82) is 0 Å². The van der Waals surface area contributed by atoms with Crippen molar-refractivity contribution in [3.8, 4) is 0 Å².